The normalized spacial score (nSPS) is 12.5. The molecule has 0 radical (unpaired) electrons. The Hall–Kier alpha value is -3.81. The molecule has 1 amide bonds. The van der Waals surface area contributed by atoms with E-state index in [9.17, 15) is 9.59 Å². The zero-order chi connectivity index (χ0) is 21.3. The number of hydrogen-bond donors (Lipinski definition) is 1. The van der Waals surface area contributed by atoms with Gasteiger partial charge < -0.3 is 19.5 Å². The standard InChI is InChI=1S/C22H21N3O5/c1-22(2,21(27)23-15-5-4-6-16(12-15)28-3)25-20(26)10-8-17(24-25)14-7-9-18-19(11-14)30-13-29-18/h4-12H,13H2,1-3H3,(H,23,27). The van der Waals surface area contributed by atoms with Crippen molar-refractivity contribution in [2.24, 2.45) is 0 Å². The maximum atomic E-state index is 13.0. The summed E-state index contributed by atoms with van der Waals surface area (Å²) in [6, 6.07) is 15.4. The van der Waals surface area contributed by atoms with Crippen LogP contribution in [0.15, 0.2) is 59.4 Å². The number of methoxy groups -OCH3 is 1. The van der Waals surface area contributed by atoms with Crippen LogP contribution in [0, 0.1) is 0 Å². The van der Waals surface area contributed by atoms with Gasteiger partial charge >= 0.3 is 0 Å². The van der Waals surface area contributed by atoms with Crippen LogP contribution in [0.5, 0.6) is 17.2 Å². The number of carbonyl (C=O) groups is 1. The third-order valence-electron chi connectivity index (χ3n) is 4.88. The number of benzene rings is 2. The number of rotatable bonds is 5. The van der Waals surface area contributed by atoms with E-state index in [0.717, 1.165) is 5.56 Å². The van der Waals surface area contributed by atoms with Gasteiger partial charge in [-0.05, 0) is 50.2 Å². The monoisotopic (exact) mass is 407 g/mol. The van der Waals surface area contributed by atoms with Gasteiger partial charge in [-0.3, -0.25) is 9.59 Å². The van der Waals surface area contributed by atoms with Crippen LogP contribution in [0.1, 0.15) is 13.8 Å². The van der Waals surface area contributed by atoms with Crippen molar-refractivity contribution in [2.45, 2.75) is 19.4 Å². The van der Waals surface area contributed by atoms with Gasteiger partial charge in [-0.15, -0.1) is 0 Å². The summed E-state index contributed by atoms with van der Waals surface area (Å²) in [6.45, 7) is 3.45. The second-order valence-electron chi connectivity index (χ2n) is 7.28. The Bertz CT molecular complexity index is 1170. The van der Waals surface area contributed by atoms with Gasteiger partial charge in [0, 0.05) is 23.4 Å². The first-order chi connectivity index (χ1) is 14.4. The number of carbonyl (C=O) groups excluding carboxylic acids is 1. The summed E-state index contributed by atoms with van der Waals surface area (Å²) in [5.41, 5.74) is 0.219. The highest BCUT2D eigenvalue weighted by molar-refractivity contribution is 5.96. The van der Waals surface area contributed by atoms with Crippen molar-refractivity contribution in [3.63, 3.8) is 0 Å². The third kappa shape index (κ3) is 3.59. The highest BCUT2D eigenvalue weighted by Gasteiger charge is 2.32. The molecule has 0 spiro atoms. The maximum Gasteiger partial charge on any atom is 0.267 e. The van der Waals surface area contributed by atoms with Crippen LogP contribution in [-0.4, -0.2) is 29.6 Å². The zero-order valence-electron chi connectivity index (χ0n) is 16.8. The summed E-state index contributed by atoms with van der Waals surface area (Å²) >= 11 is 0. The molecule has 0 saturated carbocycles. The van der Waals surface area contributed by atoms with Crippen molar-refractivity contribution in [2.75, 3.05) is 19.2 Å². The fourth-order valence-electron chi connectivity index (χ4n) is 3.10. The Morgan fingerprint density at radius 1 is 1.10 bits per heavy atom. The van der Waals surface area contributed by atoms with Crippen molar-refractivity contribution in [3.05, 3.63) is 65.0 Å². The first kappa shape index (κ1) is 19.5. The lowest BCUT2D eigenvalue weighted by Gasteiger charge is -2.25. The molecule has 0 saturated heterocycles. The van der Waals surface area contributed by atoms with Gasteiger partial charge in [0.25, 0.3) is 11.5 Å². The van der Waals surface area contributed by atoms with Crippen molar-refractivity contribution in [3.8, 4) is 28.5 Å². The summed E-state index contributed by atoms with van der Waals surface area (Å²) in [5, 5.41) is 7.28. The average Bonchev–Trinajstić information content (AvgIpc) is 3.22. The summed E-state index contributed by atoms with van der Waals surface area (Å²) in [6.07, 6.45) is 0. The second kappa shape index (κ2) is 7.55. The molecule has 0 unspecified atom stereocenters. The molecule has 1 aromatic heterocycles. The SMILES string of the molecule is COc1cccc(NC(=O)C(C)(C)n2nc(-c3ccc4c(c3)OCO4)ccc2=O)c1. The Labute approximate surface area is 173 Å². The molecule has 154 valence electrons. The van der Waals surface area contributed by atoms with Gasteiger partial charge in [-0.25, -0.2) is 4.68 Å². The van der Waals surface area contributed by atoms with Gasteiger partial charge in [0.05, 0.1) is 12.8 Å². The number of nitrogens with zero attached hydrogens (tertiary/aromatic N) is 2. The molecule has 0 bridgehead atoms. The van der Waals surface area contributed by atoms with Gasteiger partial charge in [0.1, 0.15) is 11.3 Å². The van der Waals surface area contributed by atoms with Gasteiger partial charge in [-0.1, -0.05) is 6.07 Å². The molecule has 0 fully saturated rings. The van der Waals surface area contributed by atoms with Crippen molar-refractivity contribution < 1.29 is 19.0 Å². The quantitative estimate of drug-likeness (QED) is 0.699. The first-order valence-electron chi connectivity index (χ1n) is 9.35. The number of nitrogens with one attached hydrogen (secondary N) is 1. The number of aromatic nitrogens is 2. The van der Waals surface area contributed by atoms with E-state index in [1.54, 1.807) is 63.4 Å². The molecule has 8 nitrogen and oxygen atoms in total. The highest BCUT2D eigenvalue weighted by atomic mass is 16.7. The van der Waals surface area contributed by atoms with Gasteiger partial charge in [-0.2, -0.15) is 5.10 Å². The van der Waals surface area contributed by atoms with Crippen LogP contribution in [0.3, 0.4) is 0 Å². The highest BCUT2D eigenvalue weighted by Crippen LogP contribution is 2.35. The minimum atomic E-state index is -1.24. The topological polar surface area (TPSA) is 91.7 Å². The Kier molecular flexibility index (Phi) is 4.91. The van der Waals surface area contributed by atoms with E-state index in [1.165, 1.54) is 10.7 Å². The van der Waals surface area contributed by atoms with Crippen LogP contribution in [-0.2, 0) is 10.3 Å². The minimum Gasteiger partial charge on any atom is -0.497 e. The van der Waals surface area contributed by atoms with E-state index in [4.69, 9.17) is 14.2 Å². The van der Waals surface area contributed by atoms with E-state index < -0.39 is 5.54 Å². The number of anilines is 1. The molecule has 8 heteroatoms. The van der Waals surface area contributed by atoms with E-state index in [0.29, 0.717) is 28.6 Å². The molecule has 1 N–H and O–H groups in total. The number of amides is 1. The molecule has 2 aromatic carbocycles. The predicted molar refractivity (Wildman–Crippen MR) is 111 cm³/mol. The number of hydrogen-bond acceptors (Lipinski definition) is 6. The molecule has 4 rings (SSSR count). The molecule has 1 aliphatic rings. The van der Waals surface area contributed by atoms with Gasteiger partial charge in [0.2, 0.25) is 6.79 Å². The van der Waals surface area contributed by atoms with Crippen molar-refractivity contribution in [1.82, 2.24) is 9.78 Å². The second-order valence-corrected chi connectivity index (χ2v) is 7.28. The Balaban J connectivity index is 1.65. The predicted octanol–water partition coefficient (Wildman–Crippen LogP) is 3.02. The van der Waals surface area contributed by atoms with Crippen LogP contribution in [0.2, 0.25) is 0 Å². The maximum absolute atomic E-state index is 13.0. The van der Waals surface area contributed by atoms with E-state index in [-0.39, 0.29) is 18.3 Å². The van der Waals surface area contributed by atoms with Crippen molar-refractivity contribution in [1.29, 1.82) is 0 Å². The largest absolute Gasteiger partial charge is 0.497 e. The minimum absolute atomic E-state index is 0.170. The third-order valence-corrected chi connectivity index (χ3v) is 4.88. The fourth-order valence-corrected chi connectivity index (χ4v) is 3.10. The zero-order valence-corrected chi connectivity index (χ0v) is 16.8. The Morgan fingerprint density at radius 2 is 1.90 bits per heavy atom. The molecule has 0 aliphatic carbocycles. The van der Waals surface area contributed by atoms with E-state index in [1.807, 2.05) is 6.07 Å². The summed E-state index contributed by atoms with van der Waals surface area (Å²) in [7, 11) is 1.55. The molecule has 0 atom stereocenters. The summed E-state index contributed by atoms with van der Waals surface area (Å²) in [4.78, 5) is 25.5. The van der Waals surface area contributed by atoms with Crippen LogP contribution in [0.4, 0.5) is 5.69 Å². The lowest BCUT2D eigenvalue weighted by molar-refractivity contribution is -0.123. The lowest BCUT2D eigenvalue weighted by atomic mass is 10.0. The van der Waals surface area contributed by atoms with E-state index >= 15 is 0 Å². The molecule has 2 heterocycles. The average molecular weight is 407 g/mol. The van der Waals surface area contributed by atoms with Gasteiger partial charge in [0.15, 0.2) is 11.5 Å². The van der Waals surface area contributed by atoms with E-state index in [2.05, 4.69) is 10.4 Å². The number of fused-ring (bicyclic) bond motifs is 1. The molecular weight excluding hydrogens is 386 g/mol. The van der Waals surface area contributed by atoms with Crippen molar-refractivity contribution >= 4 is 11.6 Å². The smallest absolute Gasteiger partial charge is 0.267 e. The number of ether oxygens (including phenoxy) is 3. The molecular formula is C22H21N3O5. The van der Waals surface area contributed by atoms with Crippen LogP contribution >= 0.6 is 0 Å². The van der Waals surface area contributed by atoms with Crippen LogP contribution < -0.4 is 25.1 Å². The fraction of sp³-hybridized carbons (Fsp3) is 0.227. The lowest BCUT2D eigenvalue weighted by Crippen LogP contribution is -2.47. The molecule has 3 aromatic rings. The first-order valence-corrected chi connectivity index (χ1v) is 9.35. The van der Waals surface area contributed by atoms with Crippen LogP contribution in [0.25, 0.3) is 11.3 Å². The summed E-state index contributed by atoms with van der Waals surface area (Å²) < 4.78 is 17.1. The molecule has 30 heavy (non-hydrogen) atoms. The Morgan fingerprint density at radius 3 is 2.70 bits per heavy atom. The summed E-state index contributed by atoms with van der Waals surface area (Å²) in [5.74, 6) is 1.51. The molecule has 1 aliphatic heterocycles.